The summed E-state index contributed by atoms with van der Waals surface area (Å²) in [5.41, 5.74) is 2.18. The summed E-state index contributed by atoms with van der Waals surface area (Å²) in [4.78, 5) is 0. The van der Waals surface area contributed by atoms with Crippen LogP contribution in [0.25, 0.3) is 0 Å². The number of hydrogen-bond acceptors (Lipinski definition) is 0. The van der Waals surface area contributed by atoms with Gasteiger partial charge in [-0.25, -0.2) is 4.39 Å². The van der Waals surface area contributed by atoms with Crippen LogP contribution in [-0.4, -0.2) is 0 Å². The molecule has 0 spiro atoms. The second-order valence-corrected chi connectivity index (χ2v) is 10.4. The lowest BCUT2D eigenvalue weighted by Crippen LogP contribution is -2.34. The lowest BCUT2D eigenvalue weighted by molar-refractivity contribution is 0.0716. The molecule has 1 aromatic rings. The Bertz CT molecular complexity index is 627. The minimum absolute atomic E-state index is 0.0351. The highest BCUT2D eigenvalue weighted by molar-refractivity contribution is 5.27. The Morgan fingerprint density at radius 1 is 0.786 bits per heavy atom. The summed E-state index contributed by atoms with van der Waals surface area (Å²) >= 11 is 0. The minimum Gasteiger partial charge on any atom is -0.207 e. The van der Waals surface area contributed by atoms with Gasteiger partial charge < -0.3 is 0 Å². The summed E-state index contributed by atoms with van der Waals surface area (Å²) in [5.74, 6) is 5.56. The van der Waals surface area contributed by atoms with Crippen LogP contribution in [0.3, 0.4) is 0 Å². The first-order chi connectivity index (χ1) is 13.7. The normalized spacial score (nSPS) is 36.1. The number of benzene rings is 1. The molecule has 0 amide bonds. The Kier molecular flexibility index (Phi) is 6.79. The number of fused-ring (bicyclic) bond motifs is 1. The minimum atomic E-state index is 0.0351. The Hall–Kier alpha value is -0.850. The molecule has 0 saturated heterocycles. The van der Waals surface area contributed by atoms with Crippen LogP contribution in [0.15, 0.2) is 18.2 Å². The topological polar surface area (TPSA) is 0 Å². The monoisotopic (exact) mass is 384 g/mol. The van der Waals surface area contributed by atoms with E-state index in [0.29, 0.717) is 5.92 Å². The number of halogens is 1. The second kappa shape index (κ2) is 9.31. The molecule has 156 valence electrons. The molecule has 4 rings (SSSR count). The van der Waals surface area contributed by atoms with Crippen molar-refractivity contribution in [3.05, 3.63) is 35.1 Å². The molecule has 1 aromatic carbocycles. The summed E-state index contributed by atoms with van der Waals surface area (Å²) in [6.45, 7) is 4.50. The van der Waals surface area contributed by atoms with Crippen LogP contribution >= 0.6 is 0 Å². The lowest BCUT2D eigenvalue weighted by atomic mass is 9.60. The molecule has 0 aliphatic heterocycles. The fourth-order valence-corrected chi connectivity index (χ4v) is 7.01. The predicted octanol–water partition coefficient (Wildman–Crippen LogP) is 8.29. The zero-order valence-corrected chi connectivity index (χ0v) is 18.3. The van der Waals surface area contributed by atoms with Crippen molar-refractivity contribution in [1.29, 1.82) is 0 Å². The van der Waals surface area contributed by atoms with Crippen LogP contribution in [0.2, 0.25) is 0 Å². The van der Waals surface area contributed by atoms with Crippen LogP contribution < -0.4 is 0 Å². The molecule has 4 unspecified atom stereocenters. The third-order valence-corrected chi connectivity index (χ3v) is 8.86. The number of rotatable bonds is 5. The first-order valence-electron chi connectivity index (χ1n) is 12.5. The largest absolute Gasteiger partial charge is 0.207 e. The van der Waals surface area contributed by atoms with Gasteiger partial charge in [0.05, 0.1) is 0 Å². The van der Waals surface area contributed by atoms with Gasteiger partial charge in [0.2, 0.25) is 0 Å². The SMILES string of the molecule is CCCc1ccc(C2CCC3CC(C4CCC(CC)CC4)CCC3C2)cc1F. The molecule has 1 heteroatoms. The summed E-state index contributed by atoms with van der Waals surface area (Å²) < 4.78 is 14.4. The fraction of sp³-hybridized carbons (Fsp3) is 0.778. The zero-order chi connectivity index (χ0) is 19.5. The molecule has 3 saturated carbocycles. The average Bonchev–Trinajstić information content (AvgIpc) is 2.74. The van der Waals surface area contributed by atoms with E-state index in [4.69, 9.17) is 0 Å². The van der Waals surface area contributed by atoms with Crippen LogP contribution in [0.5, 0.6) is 0 Å². The predicted molar refractivity (Wildman–Crippen MR) is 117 cm³/mol. The van der Waals surface area contributed by atoms with E-state index in [2.05, 4.69) is 26.0 Å². The van der Waals surface area contributed by atoms with E-state index in [0.717, 1.165) is 48.0 Å². The highest BCUT2D eigenvalue weighted by Crippen LogP contribution is 2.51. The van der Waals surface area contributed by atoms with Crippen molar-refractivity contribution in [1.82, 2.24) is 0 Å². The van der Waals surface area contributed by atoms with Crippen molar-refractivity contribution in [3.63, 3.8) is 0 Å². The molecule has 0 nitrogen and oxygen atoms in total. The van der Waals surface area contributed by atoms with E-state index < -0.39 is 0 Å². The Morgan fingerprint density at radius 3 is 2.11 bits per heavy atom. The van der Waals surface area contributed by atoms with Crippen molar-refractivity contribution >= 4 is 0 Å². The van der Waals surface area contributed by atoms with Crippen molar-refractivity contribution in [2.24, 2.45) is 29.6 Å². The molecule has 3 aliphatic carbocycles. The van der Waals surface area contributed by atoms with Gasteiger partial charge in [0.15, 0.2) is 0 Å². The van der Waals surface area contributed by atoms with Gasteiger partial charge in [0, 0.05) is 0 Å². The van der Waals surface area contributed by atoms with Crippen molar-refractivity contribution < 1.29 is 4.39 Å². The third kappa shape index (κ3) is 4.49. The molecule has 0 aromatic heterocycles. The molecule has 28 heavy (non-hydrogen) atoms. The van der Waals surface area contributed by atoms with Gasteiger partial charge in [-0.1, -0.05) is 51.7 Å². The zero-order valence-electron chi connectivity index (χ0n) is 18.3. The van der Waals surface area contributed by atoms with Gasteiger partial charge in [-0.2, -0.15) is 0 Å². The number of aryl methyl sites for hydroxylation is 1. The summed E-state index contributed by atoms with van der Waals surface area (Å²) in [6.07, 6.45) is 17.7. The average molecular weight is 385 g/mol. The molecular formula is C27H41F. The van der Waals surface area contributed by atoms with E-state index in [1.807, 2.05) is 6.07 Å². The smallest absolute Gasteiger partial charge is 0.126 e. The summed E-state index contributed by atoms with van der Waals surface area (Å²) in [6, 6.07) is 6.16. The van der Waals surface area contributed by atoms with Crippen LogP contribution in [-0.2, 0) is 6.42 Å². The van der Waals surface area contributed by atoms with E-state index in [1.54, 1.807) is 0 Å². The Morgan fingerprint density at radius 2 is 1.43 bits per heavy atom. The molecule has 0 radical (unpaired) electrons. The molecule has 0 heterocycles. The Labute approximate surface area is 172 Å². The maximum Gasteiger partial charge on any atom is 0.126 e. The standard InChI is InChI=1S/C27H41F/c1-3-5-21-10-11-26(18-27(21)28)25-15-14-23-16-22(12-13-24(23)17-25)20-8-6-19(4-2)7-9-20/h10-11,18-20,22-25H,3-9,12-17H2,1-2H3. The maximum absolute atomic E-state index is 14.4. The van der Waals surface area contributed by atoms with Crippen molar-refractivity contribution in [2.75, 3.05) is 0 Å². The number of hydrogen-bond donors (Lipinski definition) is 0. The van der Waals surface area contributed by atoms with Crippen LogP contribution in [0.4, 0.5) is 4.39 Å². The van der Waals surface area contributed by atoms with Crippen molar-refractivity contribution in [2.45, 2.75) is 103 Å². The van der Waals surface area contributed by atoms with Crippen LogP contribution in [0.1, 0.15) is 108 Å². The van der Waals surface area contributed by atoms with E-state index in [1.165, 1.54) is 76.2 Å². The van der Waals surface area contributed by atoms with Gasteiger partial charge in [-0.15, -0.1) is 0 Å². The molecule has 3 aliphatic rings. The van der Waals surface area contributed by atoms with Gasteiger partial charge in [0.25, 0.3) is 0 Å². The van der Waals surface area contributed by atoms with E-state index >= 15 is 0 Å². The first kappa shape index (κ1) is 20.4. The fourth-order valence-electron chi connectivity index (χ4n) is 7.01. The summed E-state index contributed by atoms with van der Waals surface area (Å²) in [5, 5.41) is 0. The van der Waals surface area contributed by atoms with Gasteiger partial charge in [-0.05, 0) is 110 Å². The molecular weight excluding hydrogens is 343 g/mol. The highest BCUT2D eigenvalue weighted by atomic mass is 19.1. The van der Waals surface area contributed by atoms with E-state index in [-0.39, 0.29) is 5.82 Å². The quantitative estimate of drug-likeness (QED) is 0.479. The van der Waals surface area contributed by atoms with Gasteiger partial charge in [0.1, 0.15) is 5.82 Å². The summed E-state index contributed by atoms with van der Waals surface area (Å²) in [7, 11) is 0. The van der Waals surface area contributed by atoms with E-state index in [9.17, 15) is 4.39 Å². The third-order valence-electron chi connectivity index (χ3n) is 8.86. The van der Waals surface area contributed by atoms with Gasteiger partial charge in [-0.3, -0.25) is 0 Å². The second-order valence-electron chi connectivity index (χ2n) is 10.4. The molecule has 3 fully saturated rings. The molecule has 0 N–H and O–H groups in total. The first-order valence-corrected chi connectivity index (χ1v) is 12.5. The van der Waals surface area contributed by atoms with Crippen LogP contribution in [0, 0.1) is 35.4 Å². The highest BCUT2D eigenvalue weighted by Gasteiger charge is 2.39. The lowest BCUT2D eigenvalue weighted by Gasteiger charge is -2.45. The Balaban J connectivity index is 1.32. The van der Waals surface area contributed by atoms with Crippen molar-refractivity contribution in [3.8, 4) is 0 Å². The molecule has 0 bridgehead atoms. The maximum atomic E-state index is 14.4. The molecule has 4 atom stereocenters. The van der Waals surface area contributed by atoms with Gasteiger partial charge >= 0.3 is 0 Å².